The number of methoxy groups -OCH3 is 1. The van der Waals surface area contributed by atoms with E-state index in [-0.39, 0.29) is 17.9 Å². The molecule has 1 atom stereocenters. The highest BCUT2D eigenvalue weighted by Crippen LogP contribution is 2.29. The number of hydrogen-bond acceptors (Lipinski definition) is 5. The van der Waals surface area contributed by atoms with Crippen LogP contribution in [-0.2, 0) is 9.53 Å². The average Bonchev–Trinajstić information content (AvgIpc) is 2.90. The molecule has 2 N–H and O–H groups in total. The Hall–Kier alpha value is -2.96. The van der Waals surface area contributed by atoms with Crippen molar-refractivity contribution >= 4 is 17.0 Å². The molecule has 3 aromatic rings. The van der Waals surface area contributed by atoms with Gasteiger partial charge in [0.05, 0.1) is 24.6 Å². The Kier molecular flexibility index (Phi) is 3.92. The fourth-order valence-corrected chi connectivity index (χ4v) is 2.71. The van der Waals surface area contributed by atoms with Crippen molar-refractivity contribution in [3.8, 4) is 0 Å². The quantitative estimate of drug-likeness (QED) is 0.713. The van der Waals surface area contributed by atoms with Crippen molar-refractivity contribution in [1.82, 2.24) is 20.2 Å². The first-order valence-electron chi connectivity index (χ1n) is 7.14. The van der Waals surface area contributed by atoms with Crippen LogP contribution < -0.4 is 5.56 Å². The lowest BCUT2D eigenvalue weighted by Crippen LogP contribution is -2.17. The third-order valence-electron chi connectivity index (χ3n) is 3.85. The minimum Gasteiger partial charge on any atom is -0.469 e. The number of esters is 1. The summed E-state index contributed by atoms with van der Waals surface area (Å²) in [4.78, 5) is 32.4. The second-order valence-electron chi connectivity index (χ2n) is 5.26. The average molecular weight is 312 g/mol. The van der Waals surface area contributed by atoms with Gasteiger partial charge in [-0.1, -0.05) is 6.07 Å². The predicted molar refractivity (Wildman–Crippen MR) is 84.2 cm³/mol. The summed E-state index contributed by atoms with van der Waals surface area (Å²) in [5.41, 5.74) is 3.27. The molecule has 7 nitrogen and oxygen atoms in total. The van der Waals surface area contributed by atoms with Crippen LogP contribution in [0.3, 0.4) is 0 Å². The maximum atomic E-state index is 12.1. The van der Waals surface area contributed by atoms with Gasteiger partial charge in [-0.3, -0.25) is 24.7 Å². The standard InChI is InChI=1S/C16H16N4O3/c1-9-15(16(22)20-19-9)11(8-14(21)23-2)10-3-4-12-13(7-10)18-6-5-17-12/h3-7,11H,8H2,1-2H3,(H2,19,20,22). The van der Waals surface area contributed by atoms with Crippen LogP contribution in [0.15, 0.2) is 35.4 Å². The molecule has 0 amide bonds. The molecule has 0 aliphatic carbocycles. The van der Waals surface area contributed by atoms with E-state index in [0.29, 0.717) is 16.8 Å². The first-order chi connectivity index (χ1) is 11.1. The van der Waals surface area contributed by atoms with Gasteiger partial charge >= 0.3 is 5.97 Å². The minimum absolute atomic E-state index is 0.0735. The van der Waals surface area contributed by atoms with E-state index in [9.17, 15) is 9.59 Å². The van der Waals surface area contributed by atoms with Gasteiger partial charge in [0.1, 0.15) is 0 Å². The van der Waals surface area contributed by atoms with E-state index in [1.54, 1.807) is 19.3 Å². The van der Waals surface area contributed by atoms with Crippen molar-refractivity contribution in [3.05, 3.63) is 57.8 Å². The summed E-state index contributed by atoms with van der Waals surface area (Å²) in [6.07, 6.45) is 3.30. The summed E-state index contributed by atoms with van der Waals surface area (Å²) in [5.74, 6) is -0.793. The Labute approximate surface area is 131 Å². The molecule has 0 aliphatic rings. The Bertz CT molecular complexity index is 913. The van der Waals surface area contributed by atoms with Crippen molar-refractivity contribution < 1.29 is 9.53 Å². The molecule has 1 unspecified atom stereocenters. The second kappa shape index (κ2) is 6.04. The summed E-state index contributed by atoms with van der Waals surface area (Å²) < 4.78 is 4.78. The molecule has 2 aromatic heterocycles. The monoisotopic (exact) mass is 312 g/mol. The maximum Gasteiger partial charge on any atom is 0.306 e. The van der Waals surface area contributed by atoms with E-state index in [1.807, 2.05) is 18.2 Å². The number of H-pyrrole nitrogens is 2. The van der Waals surface area contributed by atoms with Crippen molar-refractivity contribution in [2.45, 2.75) is 19.3 Å². The Balaban J connectivity index is 2.13. The van der Waals surface area contributed by atoms with Gasteiger partial charge in [-0.15, -0.1) is 0 Å². The third kappa shape index (κ3) is 2.85. The highest BCUT2D eigenvalue weighted by Gasteiger charge is 2.24. The Morgan fingerprint density at radius 2 is 1.96 bits per heavy atom. The lowest BCUT2D eigenvalue weighted by atomic mass is 9.88. The predicted octanol–water partition coefficient (Wildman–Crippen LogP) is 1.65. The van der Waals surface area contributed by atoms with Crippen LogP contribution in [0.2, 0.25) is 0 Å². The molecule has 0 bridgehead atoms. The van der Waals surface area contributed by atoms with Crippen molar-refractivity contribution in [2.75, 3.05) is 7.11 Å². The number of rotatable bonds is 4. The SMILES string of the molecule is COC(=O)CC(c1ccc2nccnc2c1)c1c(C)[nH][nH]c1=O. The molecule has 0 spiro atoms. The lowest BCUT2D eigenvalue weighted by Gasteiger charge is -2.15. The van der Waals surface area contributed by atoms with E-state index in [1.165, 1.54) is 7.11 Å². The van der Waals surface area contributed by atoms with Crippen LogP contribution >= 0.6 is 0 Å². The van der Waals surface area contributed by atoms with Gasteiger partial charge in [0, 0.05) is 29.6 Å². The normalized spacial score (nSPS) is 12.3. The number of fused-ring (bicyclic) bond motifs is 1. The smallest absolute Gasteiger partial charge is 0.306 e. The van der Waals surface area contributed by atoms with Crippen LogP contribution in [0.4, 0.5) is 0 Å². The fourth-order valence-electron chi connectivity index (χ4n) is 2.71. The largest absolute Gasteiger partial charge is 0.469 e. The molecular formula is C16H16N4O3. The molecule has 0 fully saturated rings. The van der Waals surface area contributed by atoms with E-state index in [4.69, 9.17) is 4.74 Å². The zero-order valence-electron chi connectivity index (χ0n) is 12.8. The first kappa shape index (κ1) is 15.0. The molecule has 0 radical (unpaired) electrons. The number of nitrogens with zero attached hydrogens (tertiary/aromatic N) is 2. The number of ether oxygens (including phenoxy) is 1. The van der Waals surface area contributed by atoms with Gasteiger partial charge in [-0.2, -0.15) is 0 Å². The summed E-state index contributed by atoms with van der Waals surface area (Å²) in [5, 5.41) is 5.35. The molecule has 1 aromatic carbocycles. The second-order valence-corrected chi connectivity index (χ2v) is 5.26. The minimum atomic E-state index is -0.413. The highest BCUT2D eigenvalue weighted by atomic mass is 16.5. The van der Waals surface area contributed by atoms with Gasteiger partial charge < -0.3 is 9.84 Å². The van der Waals surface area contributed by atoms with E-state index in [2.05, 4.69) is 20.2 Å². The highest BCUT2D eigenvalue weighted by molar-refractivity contribution is 5.76. The number of aryl methyl sites for hydroxylation is 1. The van der Waals surface area contributed by atoms with Crippen molar-refractivity contribution in [2.24, 2.45) is 0 Å². The zero-order valence-corrected chi connectivity index (χ0v) is 12.8. The van der Waals surface area contributed by atoms with Crippen molar-refractivity contribution in [3.63, 3.8) is 0 Å². The Morgan fingerprint density at radius 1 is 1.22 bits per heavy atom. The number of carbonyl (C=O) groups excluding carboxylic acids is 1. The summed E-state index contributed by atoms with van der Waals surface area (Å²) >= 11 is 0. The number of nitrogens with one attached hydrogen (secondary N) is 2. The van der Waals surface area contributed by atoms with Crippen LogP contribution in [0.1, 0.15) is 29.2 Å². The summed E-state index contributed by atoms with van der Waals surface area (Å²) in [7, 11) is 1.33. The fraction of sp³-hybridized carbons (Fsp3) is 0.250. The van der Waals surface area contributed by atoms with Gasteiger partial charge in [-0.05, 0) is 24.6 Å². The number of carbonyl (C=O) groups is 1. The van der Waals surface area contributed by atoms with E-state index in [0.717, 1.165) is 11.1 Å². The molecule has 23 heavy (non-hydrogen) atoms. The Morgan fingerprint density at radius 3 is 2.61 bits per heavy atom. The number of aromatic nitrogens is 4. The van der Waals surface area contributed by atoms with Gasteiger partial charge in [-0.25, -0.2) is 0 Å². The van der Waals surface area contributed by atoms with E-state index >= 15 is 0 Å². The third-order valence-corrected chi connectivity index (χ3v) is 3.85. The molecule has 118 valence electrons. The summed E-state index contributed by atoms with van der Waals surface area (Å²) in [6.45, 7) is 1.79. The molecule has 2 heterocycles. The van der Waals surface area contributed by atoms with Crippen LogP contribution in [-0.4, -0.2) is 33.2 Å². The number of aromatic amines is 2. The van der Waals surface area contributed by atoms with Gasteiger partial charge in [0.25, 0.3) is 5.56 Å². The number of hydrogen-bond donors (Lipinski definition) is 2. The molecule has 7 heteroatoms. The molecule has 0 saturated carbocycles. The van der Waals surface area contributed by atoms with Crippen LogP contribution in [0, 0.1) is 6.92 Å². The van der Waals surface area contributed by atoms with Crippen LogP contribution in [0.5, 0.6) is 0 Å². The van der Waals surface area contributed by atoms with Gasteiger partial charge in [0.2, 0.25) is 0 Å². The first-order valence-corrected chi connectivity index (χ1v) is 7.14. The maximum absolute atomic E-state index is 12.1. The van der Waals surface area contributed by atoms with E-state index < -0.39 is 5.92 Å². The number of benzene rings is 1. The molecule has 0 saturated heterocycles. The van der Waals surface area contributed by atoms with Crippen LogP contribution in [0.25, 0.3) is 11.0 Å². The van der Waals surface area contributed by atoms with Crippen molar-refractivity contribution in [1.29, 1.82) is 0 Å². The lowest BCUT2D eigenvalue weighted by molar-refractivity contribution is -0.140. The topological polar surface area (TPSA) is 101 Å². The van der Waals surface area contributed by atoms with Gasteiger partial charge in [0.15, 0.2) is 0 Å². The zero-order chi connectivity index (χ0) is 16.4. The molecular weight excluding hydrogens is 296 g/mol. The molecule has 3 rings (SSSR count). The molecule has 0 aliphatic heterocycles. The summed E-state index contributed by atoms with van der Waals surface area (Å²) in [6, 6.07) is 5.54.